The zero-order chi connectivity index (χ0) is 27.9. The molecule has 2 N–H and O–H groups in total. The van der Waals surface area contributed by atoms with E-state index in [-0.39, 0.29) is 5.69 Å². The van der Waals surface area contributed by atoms with Crippen LogP contribution in [0.25, 0.3) is 33.8 Å². The van der Waals surface area contributed by atoms with Gasteiger partial charge in [-0.2, -0.15) is 4.98 Å². The topological polar surface area (TPSA) is 112 Å². The average Bonchev–Trinajstić information content (AvgIpc) is 3.50. The maximum Gasteiger partial charge on any atom is 0.338 e. The van der Waals surface area contributed by atoms with Gasteiger partial charge in [-0.15, -0.1) is 10.2 Å². The van der Waals surface area contributed by atoms with Crippen LogP contribution >= 0.6 is 0 Å². The summed E-state index contributed by atoms with van der Waals surface area (Å²) in [5, 5.41) is 21.7. The van der Waals surface area contributed by atoms with Crippen molar-refractivity contribution in [2.24, 2.45) is 7.05 Å². The van der Waals surface area contributed by atoms with Crippen molar-refractivity contribution in [3.05, 3.63) is 83.1 Å². The summed E-state index contributed by atoms with van der Waals surface area (Å²) in [5.74, 6) is 0.810. The molecule has 0 saturated heterocycles. The van der Waals surface area contributed by atoms with E-state index >= 15 is 0 Å². The maximum atomic E-state index is 14.3. The van der Waals surface area contributed by atoms with Crippen LogP contribution < -0.4 is 15.7 Å². The second-order valence-corrected chi connectivity index (χ2v) is 10.2. The largest absolute Gasteiger partial charge is 0.478 e. The van der Waals surface area contributed by atoms with Gasteiger partial charge in [0.1, 0.15) is 18.0 Å². The summed E-state index contributed by atoms with van der Waals surface area (Å²) in [4.78, 5) is 18.1. The maximum absolute atomic E-state index is 14.3. The minimum Gasteiger partial charge on any atom is -0.478 e. The lowest BCUT2D eigenvalue weighted by Crippen LogP contribution is -2.46. The van der Waals surface area contributed by atoms with Gasteiger partial charge in [0.05, 0.1) is 17.7 Å². The second kappa shape index (κ2) is 10.3. The first-order valence-corrected chi connectivity index (χ1v) is 13.3. The quantitative estimate of drug-likeness (QED) is 0.293. The fourth-order valence-electron chi connectivity index (χ4n) is 5.07. The van der Waals surface area contributed by atoms with E-state index in [0.29, 0.717) is 59.4 Å². The summed E-state index contributed by atoms with van der Waals surface area (Å²) in [6.07, 6.45) is 7.76. The predicted octanol–water partition coefficient (Wildman–Crippen LogP) is 3.49. The van der Waals surface area contributed by atoms with Crippen molar-refractivity contribution < 1.29 is 14.2 Å². The number of pyridine rings is 2. The summed E-state index contributed by atoms with van der Waals surface area (Å²) in [5.41, 5.74) is 2.67. The molecule has 1 fully saturated rings. The molecule has 206 valence electrons. The minimum atomic E-state index is -0.615. The third-order valence-electron chi connectivity index (χ3n) is 7.35. The number of aromatic nitrogens is 6. The monoisotopic (exact) mass is 543 g/mol. The van der Waals surface area contributed by atoms with E-state index in [0.717, 1.165) is 24.8 Å². The summed E-state index contributed by atoms with van der Waals surface area (Å²) in [6.45, 7) is 3.30. The standard InChI is InChI=1S/C29H30FN7O3/c1-3-40-26-12-20(23-8-6-21(30)13-24(23)27-34-32-18-35(27)2)11-25(33-26)37-16-22-7-5-19(15-36(22)28(37)38)14-31-17-29(39)9-4-10-29/h5-8,11-13,15-16,18,31,39H,3-4,9-10,14,17H2,1-2H3. The number of imidazole rings is 1. The average molecular weight is 544 g/mol. The number of nitrogens with zero attached hydrogens (tertiary/aromatic N) is 6. The smallest absolute Gasteiger partial charge is 0.338 e. The van der Waals surface area contributed by atoms with E-state index < -0.39 is 11.4 Å². The van der Waals surface area contributed by atoms with Crippen LogP contribution in [0.4, 0.5) is 4.39 Å². The highest BCUT2D eigenvalue weighted by atomic mass is 19.1. The van der Waals surface area contributed by atoms with Crippen LogP contribution in [0.1, 0.15) is 31.7 Å². The van der Waals surface area contributed by atoms with Crippen LogP contribution in [-0.2, 0) is 13.6 Å². The number of ether oxygens (including phenoxy) is 1. The van der Waals surface area contributed by atoms with Crippen LogP contribution in [0.3, 0.4) is 0 Å². The molecule has 4 heterocycles. The van der Waals surface area contributed by atoms with Crippen molar-refractivity contribution in [3.8, 4) is 34.2 Å². The number of halogens is 1. The molecule has 1 saturated carbocycles. The molecule has 1 aliphatic rings. The first-order valence-electron chi connectivity index (χ1n) is 13.3. The Bertz CT molecular complexity index is 1750. The molecule has 4 aromatic heterocycles. The van der Waals surface area contributed by atoms with Crippen LogP contribution in [0.15, 0.2) is 66.0 Å². The zero-order valence-electron chi connectivity index (χ0n) is 22.3. The molecule has 6 rings (SSSR count). The lowest BCUT2D eigenvalue weighted by Gasteiger charge is -2.36. The Hall–Kier alpha value is -4.35. The summed E-state index contributed by atoms with van der Waals surface area (Å²) in [7, 11) is 1.79. The van der Waals surface area contributed by atoms with Gasteiger partial charge < -0.3 is 19.7 Å². The number of hydrogen-bond acceptors (Lipinski definition) is 7. The zero-order valence-corrected chi connectivity index (χ0v) is 22.3. The molecule has 1 aromatic carbocycles. The molecular formula is C29H30FN7O3. The molecule has 11 heteroatoms. The Morgan fingerprint density at radius 3 is 2.70 bits per heavy atom. The van der Waals surface area contributed by atoms with Crippen molar-refractivity contribution in [1.82, 2.24) is 34.0 Å². The third-order valence-corrected chi connectivity index (χ3v) is 7.35. The normalized spacial score (nSPS) is 14.4. The lowest BCUT2D eigenvalue weighted by atomic mass is 9.80. The van der Waals surface area contributed by atoms with E-state index in [1.54, 1.807) is 52.9 Å². The molecular weight excluding hydrogens is 513 g/mol. The minimum absolute atomic E-state index is 0.283. The molecule has 40 heavy (non-hydrogen) atoms. The van der Waals surface area contributed by atoms with E-state index in [1.165, 1.54) is 16.7 Å². The van der Waals surface area contributed by atoms with Crippen molar-refractivity contribution in [2.75, 3.05) is 13.2 Å². The summed E-state index contributed by atoms with van der Waals surface area (Å²) < 4.78 is 24.9. The van der Waals surface area contributed by atoms with Gasteiger partial charge in [0.25, 0.3) is 0 Å². The molecule has 10 nitrogen and oxygen atoms in total. The number of fused-ring (bicyclic) bond motifs is 1. The third kappa shape index (κ3) is 4.89. The van der Waals surface area contributed by atoms with Gasteiger partial charge >= 0.3 is 5.69 Å². The number of hydrogen-bond donors (Lipinski definition) is 2. The van der Waals surface area contributed by atoms with Gasteiger partial charge in [-0.05, 0) is 67.1 Å². The Morgan fingerprint density at radius 2 is 1.98 bits per heavy atom. The molecule has 0 atom stereocenters. The lowest BCUT2D eigenvalue weighted by molar-refractivity contribution is -0.0314. The molecule has 0 spiro atoms. The molecule has 1 aliphatic carbocycles. The predicted molar refractivity (Wildman–Crippen MR) is 148 cm³/mol. The van der Waals surface area contributed by atoms with Crippen LogP contribution in [-0.4, -0.2) is 52.6 Å². The first kappa shape index (κ1) is 25.9. The van der Waals surface area contributed by atoms with Gasteiger partial charge in [-0.3, -0.25) is 8.97 Å². The Kier molecular flexibility index (Phi) is 6.68. The van der Waals surface area contributed by atoms with E-state index in [4.69, 9.17) is 4.74 Å². The number of benzene rings is 1. The Labute approximate surface area is 229 Å². The SMILES string of the molecule is CCOc1cc(-c2ccc(F)cc2-c2nncn2C)cc(-n2cc3ccc(CNCC4(O)CCC4)cn3c2=O)n1. The first-order chi connectivity index (χ1) is 19.3. The fourth-order valence-corrected chi connectivity index (χ4v) is 5.07. The molecule has 0 bridgehead atoms. The second-order valence-electron chi connectivity index (χ2n) is 10.2. The van der Waals surface area contributed by atoms with Crippen LogP contribution in [0.2, 0.25) is 0 Å². The van der Waals surface area contributed by atoms with E-state index in [2.05, 4.69) is 20.5 Å². The van der Waals surface area contributed by atoms with E-state index in [1.807, 2.05) is 19.1 Å². The van der Waals surface area contributed by atoms with Gasteiger partial charge in [0, 0.05) is 44.2 Å². The Morgan fingerprint density at radius 1 is 1.12 bits per heavy atom. The molecule has 0 radical (unpaired) electrons. The summed E-state index contributed by atoms with van der Waals surface area (Å²) >= 11 is 0. The number of aliphatic hydroxyl groups is 1. The van der Waals surface area contributed by atoms with Crippen molar-refractivity contribution in [2.45, 2.75) is 38.3 Å². The van der Waals surface area contributed by atoms with Gasteiger partial charge in [0.15, 0.2) is 5.82 Å². The van der Waals surface area contributed by atoms with Crippen molar-refractivity contribution in [3.63, 3.8) is 0 Å². The van der Waals surface area contributed by atoms with Crippen molar-refractivity contribution >= 4 is 5.52 Å². The molecule has 5 aromatic rings. The molecule has 0 unspecified atom stereocenters. The van der Waals surface area contributed by atoms with Gasteiger partial charge in [0.2, 0.25) is 5.88 Å². The molecule has 0 aliphatic heterocycles. The fraction of sp³-hybridized carbons (Fsp3) is 0.310. The van der Waals surface area contributed by atoms with E-state index in [9.17, 15) is 14.3 Å². The van der Waals surface area contributed by atoms with Gasteiger partial charge in [-0.1, -0.05) is 12.1 Å². The molecule has 0 amide bonds. The van der Waals surface area contributed by atoms with Crippen LogP contribution in [0.5, 0.6) is 5.88 Å². The number of nitrogens with one attached hydrogen (secondary N) is 1. The number of rotatable bonds is 9. The highest BCUT2D eigenvalue weighted by molar-refractivity contribution is 5.81. The van der Waals surface area contributed by atoms with Crippen molar-refractivity contribution in [1.29, 1.82) is 0 Å². The van der Waals surface area contributed by atoms with Gasteiger partial charge in [-0.25, -0.2) is 9.18 Å². The highest BCUT2D eigenvalue weighted by Gasteiger charge is 2.33. The highest BCUT2D eigenvalue weighted by Crippen LogP contribution is 2.34. The summed E-state index contributed by atoms with van der Waals surface area (Å²) in [6, 6.07) is 11.8. The van der Waals surface area contributed by atoms with Crippen LogP contribution in [0, 0.1) is 5.82 Å². The number of aryl methyl sites for hydroxylation is 1. The Balaban J connectivity index is 1.39.